The van der Waals surface area contributed by atoms with Crippen LogP contribution in [0.15, 0.2) is 47.4 Å². The van der Waals surface area contributed by atoms with Gasteiger partial charge in [-0.2, -0.15) is 0 Å². The van der Waals surface area contributed by atoms with E-state index in [4.69, 9.17) is 9.47 Å². The fourth-order valence-electron chi connectivity index (χ4n) is 2.99. The molecule has 3 rings (SSSR count). The summed E-state index contributed by atoms with van der Waals surface area (Å²) < 4.78 is 39.1. The number of carbonyl (C=O) groups excluding carboxylic acids is 1. The second-order valence-corrected chi connectivity index (χ2v) is 7.95. The highest BCUT2D eigenvalue weighted by molar-refractivity contribution is 7.92. The van der Waals surface area contributed by atoms with Gasteiger partial charge in [-0.3, -0.25) is 9.52 Å². The largest absolute Gasteiger partial charge is 0.495 e. The fraction of sp³-hybridized carbons (Fsp3) is 0.316. The number of para-hydroxylation sites is 2. The van der Waals surface area contributed by atoms with Gasteiger partial charge in [-0.05, 0) is 30.3 Å². The van der Waals surface area contributed by atoms with E-state index < -0.39 is 10.0 Å². The van der Waals surface area contributed by atoms with Crippen molar-refractivity contribution < 1.29 is 22.7 Å². The number of morpholine rings is 1. The van der Waals surface area contributed by atoms with Gasteiger partial charge in [0.1, 0.15) is 5.75 Å². The molecule has 1 aliphatic heterocycles. The molecule has 1 aliphatic rings. The van der Waals surface area contributed by atoms with Gasteiger partial charge in [0.05, 0.1) is 42.3 Å². The van der Waals surface area contributed by atoms with Crippen LogP contribution in [0.5, 0.6) is 5.75 Å². The predicted molar refractivity (Wildman–Crippen MR) is 108 cm³/mol. The van der Waals surface area contributed by atoms with Crippen molar-refractivity contribution in [3.63, 3.8) is 0 Å². The molecule has 150 valence electrons. The number of carbonyl (C=O) groups is 1. The van der Waals surface area contributed by atoms with Crippen molar-refractivity contribution in [2.24, 2.45) is 0 Å². The molecule has 8 nitrogen and oxygen atoms in total. The molecular formula is C19H23N3O5S. The zero-order valence-electron chi connectivity index (χ0n) is 15.8. The number of anilines is 3. The van der Waals surface area contributed by atoms with Crippen LogP contribution in [0, 0.1) is 0 Å². The maximum absolute atomic E-state index is 13.0. The zero-order valence-corrected chi connectivity index (χ0v) is 16.6. The van der Waals surface area contributed by atoms with Crippen LogP contribution in [-0.4, -0.2) is 47.7 Å². The molecule has 1 fully saturated rings. The number of benzene rings is 2. The van der Waals surface area contributed by atoms with Crippen LogP contribution in [0.25, 0.3) is 0 Å². The molecule has 0 radical (unpaired) electrons. The van der Waals surface area contributed by atoms with Crippen molar-refractivity contribution in [3.05, 3.63) is 42.5 Å². The lowest BCUT2D eigenvalue weighted by molar-refractivity contribution is -0.114. The number of sulfonamides is 1. The van der Waals surface area contributed by atoms with Gasteiger partial charge in [-0.25, -0.2) is 8.42 Å². The highest BCUT2D eigenvalue weighted by Gasteiger charge is 2.21. The third-order valence-electron chi connectivity index (χ3n) is 4.29. The molecule has 1 saturated heterocycles. The van der Waals surface area contributed by atoms with Gasteiger partial charge < -0.3 is 19.7 Å². The number of nitrogens with zero attached hydrogens (tertiary/aromatic N) is 1. The summed E-state index contributed by atoms with van der Waals surface area (Å²) in [6, 6.07) is 11.6. The minimum atomic E-state index is -3.87. The minimum Gasteiger partial charge on any atom is -0.495 e. The Morgan fingerprint density at radius 1 is 1.11 bits per heavy atom. The average molecular weight is 405 g/mol. The van der Waals surface area contributed by atoms with E-state index in [2.05, 4.69) is 14.9 Å². The quantitative estimate of drug-likeness (QED) is 0.765. The number of ether oxygens (including phenoxy) is 2. The Balaban J connectivity index is 1.91. The highest BCUT2D eigenvalue weighted by atomic mass is 32.2. The molecule has 9 heteroatoms. The lowest BCUT2D eigenvalue weighted by atomic mass is 10.2. The van der Waals surface area contributed by atoms with Gasteiger partial charge in [0.15, 0.2) is 0 Å². The summed E-state index contributed by atoms with van der Waals surface area (Å²) in [6.07, 6.45) is 0. The second kappa shape index (κ2) is 8.49. The number of hydrogen-bond acceptors (Lipinski definition) is 6. The first-order chi connectivity index (χ1) is 13.4. The molecule has 0 saturated carbocycles. The molecule has 0 spiro atoms. The van der Waals surface area contributed by atoms with Gasteiger partial charge >= 0.3 is 0 Å². The summed E-state index contributed by atoms with van der Waals surface area (Å²) in [6.45, 7) is 3.92. The molecule has 0 atom stereocenters. The molecule has 28 heavy (non-hydrogen) atoms. The third kappa shape index (κ3) is 4.55. The summed E-state index contributed by atoms with van der Waals surface area (Å²) in [5.41, 5.74) is 1.57. The Labute approximate surface area is 164 Å². The normalized spacial score (nSPS) is 14.4. The molecule has 0 bridgehead atoms. The van der Waals surface area contributed by atoms with Crippen molar-refractivity contribution in [1.29, 1.82) is 0 Å². The molecule has 0 unspecified atom stereocenters. The van der Waals surface area contributed by atoms with E-state index in [-0.39, 0.29) is 10.8 Å². The van der Waals surface area contributed by atoms with Crippen molar-refractivity contribution in [1.82, 2.24) is 0 Å². The second-order valence-electron chi connectivity index (χ2n) is 6.27. The first-order valence-corrected chi connectivity index (χ1v) is 10.3. The van der Waals surface area contributed by atoms with E-state index in [0.29, 0.717) is 43.4 Å². The van der Waals surface area contributed by atoms with Crippen LogP contribution in [0.3, 0.4) is 0 Å². The van der Waals surface area contributed by atoms with Crippen molar-refractivity contribution in [2.45, 2.75) is 11.8 Å². The van der Waals surface area contributed by atoms with Crippen LogP contribution in [0.2, 0.25) is 0 Å². The molecule has 2 aromatic carbocycles. The predicted octanol–water partition coefficient (Wildman–Crippen LogP) is 2.29. The van der Waals surface area contributed by atoms with Crippen LogP contribution in [0.1, 0.15) is 6.92 Å². The van der Waals surface area contributed by atoms with E-state index in [1.165, 1.54) is 32.2 Å². The SMILES string of the molecule is COc1ccc(S(=O)(=O)Nc2ccccc2N2CCOCC2)cc1NC(C)=O. The molecule has 0 aliphatic carbocycles. The molecule has 1 heterocycles. The summed E-state index contributed by atoms with van der Waals surface area (Å²) in [4.78, 5) is 13.5. The van der Waals surface area contributed by atoms with E-state index >= 15 is 0 Å². The average Bonchev–Trinajstić information content (AvgIpc) is 2.68. The summed E-state index contributed by atoms with van der Waals surface area (Å²) in [5.74, 6) is 0.0568. The maximum atomic E-state index is 13.0. The van der Waals surface area contributed by atoms with Crippen LogP contribution in [0.4, 0.5) is 17.1 Å². The Morgan fingerprint density at radius 3 is 2.50 bits per heavy atom. The van der Waals surface area contributed by atoms with Gasteiger partial charge in [0.2, 0.25) is 5.91 Å². The van der Waals surface area contributed by atoms with Crippen molar-refractivity contribution in [2.75, 3.05) is 48.4 Å². The summed E-state index contributed by atoms with van der Waals surface area (Å²) >= 11 is 0. The number of nitrogens with one attached hydrogen (secondary N) is 2. The van der Waals surface area contributed by atoms with Crippen molar-refractivity contribution in [3.8, 4) is 5.75 Å². The Bertz CT molecular complexity index is 956. The van der Waals surface area contributed by atoms with Crippen molar-refractivity contribution >= 4 is 33.0 Å². The smallest absolute Gasteiger partial charge is 0.262 e. The summed E-state index contributed by atoms with van der Waals surface area (Å²) in [7, 11) is -2.42. The standard InChI is InChI=1S/C19H23N3O5S/c1-14(23)20-17-13-15(7-8-19(17)26-2)28(24,25)21-16-5-3-4-6-18(16)22-9-11-27-12-10-22/h3-8,13,21H,9-12H2,1-2H3,(H,20,23). The molecule has 2 aromatic rings. The molecular weight excluding hydrogens is 382 g/mol. The number of methoxy groups -OCH3 is 1. The van der Waals surface area contributed by atoms with E-state index in [1.807, 2.05) is 12.1 Å². The number of hydrogen-bond donors (Lipinski definition) is 2. The fourth-order valence-corrected chi connectivity index (χ4v) is 4.09. The lowest BCUT2D eigenvalue weighted by Gasteiger charge is -2.30. The molecule has 0 aromatic heterocycles. The van der Waals surface area contributed by atoms with Crippen LogP contribution < -0.4 is 19.7 Å². The minimum absolute atomic E-state index is 0.0221. The number of rotatable bonds is 6. The lowest BCUT2D eigenvalue weighted by Crippen LogP contribution is -2.36. The van der Waals surface area contributed by atoms with Gasteiger partial charge in [-0.15, -0.1) is 0 Å². The van der Waals surface area contributed by atoms with Crippen LogP contribution in [-0.2, 0) is 19.6 Å². The first kappa shape index (κ1) is 20.0. The third-order valence-corrected chi connectivity index (χ3v) is 5.66. The van der Waals surface area contributed by atoms with Gasteiger partial charge in [0.25, 0.3) is 10.0 Å². The Morgan fingerprint density at radius 2 is 1.82 bits per heavy atom. The summed E-state index contributed by atoms with van der Waals surface area (Å²) in [5, 5.41) is 2.59. The Kier molecular flexibility index (Phi) is 6.05. The number of amides is 1. The van der Waals surface area contributed by atoms with Crippen LogP contribution >= 0.6 is 0 Å². The first-order valence-electron chi connectivity index (χ1n) is 8.81. The molecule has 2 N–H and O–H groups in total. The maximum Gasteiger partial charge on any atom is 0.262 e. The van der Waals surface area contributed by atoms with E-state index in [0.717, 1.165) is 5.69 Å². The van der Waals surface area contributed by atoms with E-state index in [1.54, 1.807) is 12.1 Å². The highest BCUT2D eigenvalue weighted by Crippen LogP contribution is 2.31. The topological polar surface area (TPSA) is 97.0 Å². The monoisotopic (exact) mass is 405 g/mol. The zero-order chi connectivity index (χ0) is 20.1. The van der Waals surface area contributed by atoms with E-state index in [9.17, 15) is 13.2 Å². The van der Waals surface area contributed by atoms with Gasteiger partial charge in [-0.1, -0.05) is 12.1 Å². The molecule has 1 amide bonds. The van der Waals surface area contributed by atoms with Gasteiger partial charge in [0, 0.05) is 20.0 Å². The Hall–Kier alpha value is -2.78.